The normalized spacial score (nSPS) is 17.7. The first kappa shape index (κ1) is 17.3. The Hall–Kier alpha value is -2.51. The van der Waals surface area contributed by atoms with E-state index in [-0.39, 0.29) is 0 Å². The summed E-state index contributed by atoms with van der Waals surface area (Å²) in [7, 11) is 0. The molecule has 4 rings (SSSR count). The molecule has 0 radical (unpaired) electrons. The number of hydrogen-bond donors (Lipinski definition) is 3. The number of hydrogen-bond acceptors (Lipinski definition) is 5. The van der Waals surface area contributed by atoms with Crippen molar-refractivity contribution in [3.8, 4) is 11.3 Å². The van der Waals surface area contributed by atoms with Gasteiger partial charge in [0, 0.05) is 41.5 Å². The lowest BCUT2D eigenvalue weighted by molar-refractivity contribution is -0.134. The minimum absolute atomic E-state index is 0.558. The molecule has 25 heavy (non-hydrogen) atoms. The number of benzene rings is 1. The highest BCUT2D eigenvalue weighted by Crippen LogP contribution is 2.41. The SMILES string of the molecule is O=C(O)/C=C/C(=O)O.c1ccc2c(c1)Cc1sc([C@@H]3CCNC3)nc1-2. The molecule has 1 aromatic heterocycles. The molecule has 1 saturated heterocycles. The summed E-state index contributed by atoms with van der Waals surface area (Å²) in [6.45, 7) is 2.25. The molecule has 2 heterocycles. The van der Waals surface area contributed by atoms with Gasteiger partial charge in [-0.1, -0.05) is 24.3 Å². The van der Waals surface area contributed by atoms with Gasteiger partial charge in [-0.25, -0.2) is 14.6 Å². The molecule has 1 aliphatic carbocycles. The number of rotatable bonds is 3. The van der Waals surface area contributed by atoms with Crippen LogP contribution in [0.3, 0.4) is 0 Å². The fourth-order valence-electron chi connectivity index (χ4n) is 2.96. The number of carboxylic acid groups (broad SMARTS) is 2. The van der Waals surface area contributed by atoms with Crippen molar-refractivity contribution in [1.82, 2.24) is 10.3 Å². The van der Waals surface area contributed by atoms with E-state index in [0.29, 0.717) is 18.1 Å². The van der Waals surface area contributed by atoms with Crippen LogP contribution in [-0.4, -0.2) is 40.2 Å². The fraction of sp³-hybridized carbons (Fsp3) is 0.278. The molecule has 0 saturated carbocycles. The molecule has 0 spiro atoms. The first-order valence-corrected chi connectivity index (χ1v) is 8.78. The molecule has 3 N–H and O–H groups in total. The van der Waals surface area contributed by atoms with Crippen molar-refractivity contribution in [2.45, 2.75) is 18.8 Å². The zero-order chi connectivity index (χ0) is 17.8. The number of aromatic nitrogens is 1. The quantitative estimate of drug-likeness (QED) is 0.622. The van der Waals surface area contributed by atoms with Gasteiger partial charge in [0.1, 0.15) is 0 Å². The van der Waals surface area contributed by atoms with Gasteiger partial charge in [-0.15, -0.1) is 11.3 Å². The molecule has 2 aromatic rings. The summed E-state index contributed by atoms with van der Waals surface area (Å²) in [5.41, 5.74) is 4.06. The maximum Gasteiger partial charge on any atom is 0.328 e. The minimum atomic E-state index is -1.26. The second-order valence-corrected chi connectivity index (χ2v) is 6.97. The summed E-state index contributed by atoms with van der Waals surface area (Å²) in [5.74, 6) is -1.86. The number of nitrogens with one attached hydrogen (secondary N) is 1. The molecule has 1 atom stereocenters. The second kappa shape index (κ2) is 7.58. The summed E-state index contributed by atoms with van der Waals surface area (Å²) in [4.78, 5) is 25.5. The van der Waals surface area contributed by atoms with Crippen LogP contribution in [0.1, 0.15) is 27.8 Å². The number of aliphatic carboxylic acids is 2. The Labute approximate surface area is 148 Å². The van der Waals surface area contributed by atoms with Crippen molar-refractivity contribution in [2.75, 3.05) is 13.1 Å². The van der Waals surface area contributed by atoms with Crippen LogP contribution in [0.25, 0.3) is 11.3 Å². The Bertz CT molecular complexity index is 806. The molecule has 1 aliphatic heterocycles. The summed E-state index contributed by atoms with van der Waals surface area (Å²) in [5, 5.41) is 20.4. The lowest BCUT2D eigenvalue weighted by atomic mass is 10.1. The lowest BCUT2D eigenvalue weighted by Gasteiger charge is -2.03. The van der Waals surface area contributed by atoms with Crippen molar-refractivity contribution in [3.05, 3.63) is 51.9 Å². The first-order valence-electron chi connectivity index (χ1n) is 7.97. The maximum absolute atomic E-state index is 9.55. The van der Waals surface area contributed by atoms with Crippen LogP contribution in [0.4, 0.5) is 0 Å². The van der Waals surface area contributed by atoms with E-state index in [1.807, 2.05) is 11.3 Å². The number of thiazole rings is 1. The maximum atomic E-state index is 9.55. The Morgan fingerprint density at radius 2 is 1.92 bits per heavy atom. The zero-order valence-corrected chi connectivity index (χ0v) is 14.3. The summed E-state index contributed by atoms with van der Waals surface area (Å²) < 4.78 is 0. The Kier molecular flexibility index (Phi) is 5.25. The predicted molar refractivity (Wildman–Crippen MR) is 95.0 cm³/mol. The second-order valence-electron chi connectivity index (χ2n) is 5.86. The van der Waals surface area contributed by atoms with Crippen molar-refractivity contribution in [1.29, 1.82) is 0 Å². The summed E-state index contributed by atoms with van der Waals surface area (Å²) >= 11 is 1.92. The van der Waals surface area contributed by atoms with Crippen LogP contribution in [0.5, 0.6) is 0 Å². The highest BCUT2D eigenvalue weighted by atomic mass is 32.1. The topological polar surface area (TPSA) is 99.5 Å². The Morgan fingerprint density at radius 1 is 1.20 bits per heavy atom. The number of fused-ring (bicyclic) bond motifs is 3. The van der Waals surface area contributed by atoms with Crippen LogP contribution >= 0.6 is 11.3 Å². The molecule has 1 fully saturated rings. The van der Waals surface area contributed by atoms with Gasteiger partial charge in [0.05, 0.1) is 10.7 Å². The highest BCUT2D eigenvalue weighted by Gasteiger charge is 2.27. The van der Waals surface area contributed by atoms with E-state index in [1.165, 1.54) is 33.1 Å². The minimum Gasteiger partial charge on any atom is -0.478 e. The molecule has 2 aliphatic rings. The van der Waals surface area contributed by atoms with Gasteiger partial charge in [-0.2, -0.15) is 0 Å². The van der Waals surface area contributed by atoms with Crippen molar-refractivity contribution >= 4 is 23.3 Å². The van der Waals surface area contributed by atoms with Gasteiger partial charge in [0.2, 0.25) is 0 Å². The average Bonchev–Trinajstić information content (AvgIpc) is 3.28. The Balaban J connectivity index is 0.000000197. The van der Waals surface area contributed by atoms with E-state index in [2.05, 4.69) is 29.6 Å². The van der Waals surface area contributed by atoms with Crippen molar-refractivity contribution in [2.24, 2.45) is 0 Å². The highest BCUT2D eigenvalue weighted by molar-refractivity contribution is 7.12. The van der Waals surface area contributed by atoms with E-state index in [0.717, 1.165) is 19.5 Å². The molecule has 6 nitrogen and oxygen atoms in total. The predicted octanol–water partition coefficient (Wildman–Crippen LogP) is 2.50. The molecule has 0 bridgehead atoms. The largest absolute Gasteiger partial charge is 0.478 e. The van der Waals surface area contributed by atoms with E-state index in [1.54, 1.807) is 0 Å². The van der Waals surface area contributed by atoms with Crippen LogP contribution in [0.2, 0.25) is 0 Å². The van der Waals surface area contributed by atoms with Crippen molar-refractivity contribution in [3.63, 3.8) is 0 Å². The van der Waals surface area contributed by atoms with Gasteiger partial charge in [0.15, 0.2) is 0 Å². The van der Waals surface area contributed by atoms with Crippen LogP contribution < -0.4 is 5.32 Å². The third-order valence-electron chi connectivity index (χ3n) is 4.12. The third kappa shape index (κ3) is 4.12. The molecular weight excluding hydrogens is 340 g/mol. The molecule has 7 heteroatoms. The van der Waals surface area contributed by atoms with Gasteiger partial charge >= 0.3 is 11.9 Å². The average molecular weight is 358 g/mol. The van der Waals surface area contributed by atoms with Gasteiger partial charge in [0.25, 0.3) is 0 Å². The number of nitrogens with zero attached hydrogens (tertiary/aromatic N) is 1. The van der Waals surface area contributed by atoms with Crippen LogP contribution in [0, 0.1) is 0 Å². The number of carboxylic acids is 2. The molecular formula is C18H18N2O4S. The summed E-state index contributed by atoms with van der Waals surface area (Å²) in [6.07, 6.45) is 3.45. The summed E-state index contributed by atoms with van der Waals surface area (Å²) in [6, 6.07) is 8.67. The molecule has 0 amide bonds. The zero-order valence-electron chi connectivity index (χ0n) is 13.4. The monoisotopic (exact) mass is 358 g/mol. The van der Waals surface area contributed by atoms with E-state index in [4.69, 9.17) is 15.2 Å². The first-order chi connectivity index (χ1) is 12.0. The van der Waals surface area contributed by atoms with E-state index < -0.39 is 11.9 Å². The molecule has 1 aromatic carbocycles. The van der Waals surface area contributed by atoms with Gasteiger partial charge in [-0.05, 0) is 18.5 Å². The lowest BCUT2D eigenvalue weighted by Crippen LogP contribution is -2.07. The third-order valence-corrected chi connectivity index (χ3v) is 5.33. The smallest absolute Gasteiger partial charge is 0.328 e. The Morgan fingerprint density at radius 3 is 2.56 bits per heavy atom. The standard InChI is InChI=1S/C14H14N2S.C4H4O4/c1-2-4-11-9(3-1)7-12-13(11)16-14(17-12)10-5-6-15-8-10;5-3(6)1-2-4(7)8/h1-4,10,15H,5-8H2;1-2H,(H,5,6)(H,7,8)/b;2-1+/t10-;/m1./s1. The van der Waals surface area contributed by atoms with Gasteiger partial charge < -0.3 is 15.5 Å². The van der Waals surface area contributed by atoms with Gasteiger partial charge in [-0.3, -0.25) is 0 Å². The number of carbonyl (C=O) groups is 2. The molecule has 130 valence electrons. The van der Waals surface area contributed by atoms with E-state index in [9.17, 15) is 9.59 Å². The molecule has 0 unspecified atom stereocenters. The van der Waals surface area contributed by atoms with Crippen LogP contribution in [-0.2, 0) is 16.0 Å². The van der Waals surface area contributed by atoms with Crippen LogP contribution in [0.15, 0.2) is 36.4 Å². The van der Waals surface area contributed by atoms with E-state index >= 15 is 0 Å². The van der Waals surface area contributed by atoms with Crippen molar-refractivity contribution < 1.29 is 19.8 Å². The fourth-order valence-corrected chi connectivity index (χ4v) is 4.20.